The molecule has 1 aromatic carbocycles. The summed E-state index contributed by atoms with van der Waals surface area (Å²) in [4.78, 5) is 16.0. The van der Waals surface area contributed by atoms with Gasteiger partial charge in [0.2, 0.25) is 5.78 Å². The highest BCUT2D eigenvalue weighted by molar-refractivity contribution is 7.12. The highest BCUT2D eigenvalue weighted by atomic mass is 32.1. The number of anilines is 1. The van der Waals surface area contributed by atoms with Crippen LogP contribution in [0.3, 0.4) is 0 Å². The van der Waals surface area contributed by atoms with Crippen LogP contribution in [-0.4, -0.2) is 38.5 Å². The zero-order valence-corrected chi connectivity index (χ0v) is 13.8. The molecule has 1 N–H and O–H groups in total. The van der Waals surface area contributed by atoms with Crippen LogP contribution in [0.15, 0.2) is 41.8 Å². The quantitative estimate of drug-likeness (QED) is 0.852. The standard InChI is InChI=1S/C17H17F3N2OS/c18-17(19,20)13-3-1-4-14(11-13)22-8-6-21(7-9-22)12-15(23)16-5-2-10-24-16/h1-5,10-11H,6-9,12H2/p+1. The number of nitrogens with one attached hydrogen (secondary N) is 1. The summed E-state index contributed by atoms with van der Waals surface area (Å²) >= 11 is 1.44. The van der Waals surface area contributed by atoms with Gasteiger partial charge in [-0.3, -0.25) is 4.79 Å². The predicted molar refractivity (Wildman–Crippen MR) is 87.9 cm³/mol. The van der Waals surface area contributed by atoms with Crippen molar-refractivity contribution < 1.29 is 22.9 Å². The normalized spacial score (nSPS) is 16.4. The molecule has 0 spiro atoms. The number of Topliss-reactive ketones (excluding diaryl/α,β-unsaturated/α-hetero) is 1. The molecule has 1 aliphatic heterocycles. The second-order valence-electron chi connectivity index (χ2n) is 5.86. The number of alkyl halides is 3. The Balaban J connectivity index is 1.58. The number of rotatable bonds is 4. The third kappa shape index (κ3) is 3.96. The zero-order chi connectivity index (χ0) is 17.2. The van der Waals surface area contributed by atoms with Gasteiger partial charge in [0, 0.05) is 5.69 Å². The SMILES string of the molecule is O=C(C[NH+]1CCN(c2cccc(C(F)(F)F)c2)CC1)c1cccs1. The summed E-state index contributed by atoms with van der Waals surface area (Å²) in [6.07, 6.45) is -4.32. The van der Waals surface area contributed by atoms with E-state index in [0.29, 0.717) is 25.3 Å². The topological polar surface area (TPSA) is 24.8 Å². The molecule has 0 atom stereocenters. The number of carbonyl (C=O) groups excluding carboxylic acids is 1. The maximum absolute atomic E-state index is 12.8. The molecule has 3 rings (SSSR count). The van der Waals surface area contributed by atoms with Gasteiger partial charge in [-0.15, -0.1) is 11.3 Å². The molecule has 1 saturated heterocycles. The Morgan fingerprint density at radius 2 is 1.92 bits per heavy atom. The lowest BCUT2D eigenvalue weighted by molar-refractivity contribution is -0.891. The number of hydrogen-bond donors (Lipinski definition) is 1. The molecule has 128 valence electrons. The first-order chi connectivity index (χ1) is 11.4. The number of nitrogens with zero attached hydrogens (tertiary/aromatic N) is 1. The minimum absolute atomic E-state index is 0.132. The number of ketones is 1. The fraction of sp³-hybridized carbons (Fsp3) is 0.353. The minimum Gasteiger partial charge on any atom is -0.360 e. The monoisotopic (exact) mass is 355 g/mol. The second kappa shape index (κ2) is 6.94. The lowest BCUT2D eigenvalue weighted by Crippen LogP contribution is -3.15. The maximum atomic E-state index is 12.8. The van der Waals surface area contributed by atoms with E-state index in [-0.39, 0.29) is 5.78 Å². The van der Waals surface area contributed by atoms with Crippen molar-refractivity contribution in [2.45, 2.75) is 6.18 Å². The highest BCUT2D eigenvalue weighted by Crippen LogP contribution is 2.31. The van der Waals surface area contributed by atoms with Gasteiger partial charge in [0.05, 0.1) is 36.6 Å². The Morgan fingerprint density at radius 1 is 1.17 bits per heavy atom. The van der Waals surface area contributed by atoms with Gasteiger partial charge in [0.15, 0.2) is 0 Å². The van der Waals surface area contributed by atoms with Gasteiger partial charge in [-0.05, 0) is 29.6 Å². The number of hydrogen-bond acceptors (Lipinski definition) is 3. The number of halogens is 3. The summed E-state index contributed by atoms with van der Waals surface area (Å²) in [5.41, 5.74) is -0.0314. The number of quaternary nitrogens is 1. The van der Waals surface area contributed by atoms with E-state index in [9.17, 15) is 18.0 Å². The molecule has 1 aliphatic rings. The van der Waals surface area contributed by atoms with Crippen LogP contribution in [0.4, 0.5) is 18.9 Å². The Bertz CT molecular complexity index is 692. The molecule has 7 heteroatoms. The van der Waals surface area contributed by atoms with Crippen LogP contribution in [0, 0.1) is 0 Å². The van der Waals surface area contributed by atoms with Gasteiger partial charge in [-0.2, -0.15) is 13.2 Å². The second-order valence-corrected chi connectivity index (χ2v) is 6.81. The van der Waals surface area contributed by atoms with Crippen LogP contribution < -0.4 is 9.80 Å². The molecule has 0 unspecified atom stereocenters. The minimum atomic E-state index is -4.32. The number of benzene rings is 1. The maximum Gasteiger partial charge on any atom is 0.416 e. The lowest BCUT2D eigenvalue weighted by Gasteiger charge is -2.33. The Hall–Kier alpha value is -1.86. The van der Waals surface area contributed by atoms with Crippen LogP contribution >= 0.6 is 11.3 Å². The molecule has 1 aromatic heterocycles. The van der Waals surface area contributed by atoms with Crippen LogP contribution in [0.25, 0.3) is 0 Å². The van der Waals surface area contributed by atoms with Crippen molar-refractivity contribution in [3.63, 3.8) is 0 Å². The zero-order valence-electron chi connectivity index (χ0n) is 13.0. The molecule has 2 aromatic rings. The van der Waals surface area contributed by atoms with Crippen molar-refractivity contribution in [2.24, 2.45) is 0 Å². The van der Waals surface area contributed by atoms with Crippen LogP contribution in [0.2, 0.25) is 0 Å². The number of carbonyl (C=O) groups is 1. The van der Waals surface area contributed by atoms with Crippen LogP contribution in [0.5, 0.6) is 0 Å². The molecule has 24 heavy (non-hydrogen) atoms. The fourth-order valence-corrected chi connectivity index (χ4v) is 3.55. The van der Waals surface area contributed by atoms with E-state index in [4.69, 9.17) is 0 Å². The molecule has 0 amide bonds. The van der Waals surface area contributed by atoms with E-state index < -0.39 is 11.7 Å². The van der Waals surface area contributed by atoms with Crippen molar-refractivity contribution in [3.05, 3.63) is 52.2 Å². The number of thiophene rings is 1. The molecule has 2 heterocycles. The van der Waals surface area contributed by atoms with Gasteiger partial charge < -0.3 is 9.80 Å². The summed E-state index contributed by atoms with van der Waals surface area (Å²) in [7, 11) is 0. The molecule has 0 aliphatic carbocycles. The van der Waals surface area contributed by atoms with E-state index in [2.05, 4.69) is 0 Å². The molecular formula is C17H18F3N2OS+. The molecule has 1 fully saturated rings. The van der Waals surface area contributed by atoms with Crippen LogP contribution in [0.1, 0.15) is 15.2 Å². The van der Waals surface area contributed by atoms with E-state index in [1.54, 1.807) is 6.07 Å². The van der Waals surface area contributed by atoms with Crippen molar-refractivity contribution in [1.29, 1.82) is 0 Å². The summed E-state index contributed by atoms with van der Waals surface area (Å²) in [5, 5.41) is 1.88. The van der Waals surface area contributed by atoms with E-state index >= 15 is 0 Å². The Morgan fingerprint density at radius 3 is 2.54 bits per heavy atom. The van der Waals surface area contributed by atoms with Gasteiger partial charge >= 0.3 is 6.18 Å². The van der Waals surface area contributed by atoms with Gasteiger partial charge in [-0.25, -0.2) is 0 Å². The summed E-state index contributed by atoms with van der Waals surface area (Å²) < 4.78 is 38.4. The molecule has 0 bridgehead atoms. The smallest absolute Gasteiger partial charge is 0.360 e. The van der Waals surface area contributed by atoms with E-state index in [1.807, 2.05) is 22.4 Å². The third-order valence-electron chi connectivity index (χ3n) is 4.22. The average molecular weight is 355 g/mol. The van der Waals surface area contributed by atoms with Crippen molar-refractivity contribution >= 4 is 22.8 Å². The van der Waals surface area contributed by atoms with Crippen molar-refractivity contribution in [1.82, 2.24) is 0 Å². The highest BCUT2D eigenvalue weighted by Gasteiger charge is 2.31. The van der Waals surface area contributed by atoms with Crippen molar-refractivity contribution in [2.75, 3.05) is 37.6 Å². The lowest BCUT2D eigenvalue weighted by atomic mass is 10.1. The first kappa shape index (κ1) is 17.0. The summed E-state index contributed by atoms with van der Waals surface area (Å²) in [6.45, 7) is 3.22. The largest absolute Gasteiger partial charge is 0.416 e. The molecule has 3 nitrogen and oxygen atoms in total. The van der Waals surface area contributed by atoms with E-state index in [1.165, 1.54) is 28.4 Å². The fourth-order valence-electron chi connectivity index (χ4n) is 2.89. The first-order valence-corrected chi connectivity index (χ1v) is 8.64. The molecule has 0 saturated carbocycles. The first-order valence-electron chi connectivity index (χ1n) is 7.76. The van der Waals surface area contributed by atoms with E-state index in [0.717, 1.165) is 24.0 Å². The Labute approximate surface area is 142 Å². The molecule has 0 radical (unpaired) electrons. The summed E-state index contributed by atoms with van der Waals surface area (Å²) in [5.74, 6) is 0.132. The predicted octanol–water partition coefficient (Wildman–Crippen LogP) is 2.35. The third-order valence-corrected chi connectivity index (χ3v) is 5.13. The van der Waals surface area contributed by atoms with Crippen molar-refractivity contribution in [3.8, 4) is 0 Å². The van der Waals surface area contributed by atoms with Crippen LogP contribution in [-0.2, 0) is 6.18 Å². The van der Waals surface area contributed by atoms with Gasteiger partial charge in [-0.1, -0.05) is 12.1 Å². The average Bonchev–Trinajstić information content (AvgIpc) is 3.09. The summed E-state index contributed by atoms with van der Waals surface area (Å²) in [6, 6.07) is 9.12. The molecular weight excluding hydrogens is 337 g/mol. The van der Waals surface area contributed by atoms with Gasteiger partial charge in [0.1, 0.15) is 6.54 Å². The Kier molecular flexibility index (Phi) is 4.91. The van der Waals surface area contributed by atoms with Gasteiger partial charge in [0.25, 0.3) is 0 Å². The number of piperazine rings is 1.